The Morgan fingerprint density at radius 1 is 1.18 bits per heavy atom. The molecule has 3 heterocycles. The summed E-state index contributed by atoms with van der Waals surface area (Å²) in [6.45, 7) is 4.02. The molecule has 1 aliphatic rings. The predicted octanol–water partition coefficient (Wildman–Crippen LogP) is 4.07. The number of benzene rings is 1. The summed E-state index contributed by atoms with van der Waals surface area (Å²) in [6, 6.07) is 17.6. The van der Waals surface area contributed by atoms with Crippen LogP contribution in [0.25, 0.3) is 17.5 Å². The molecule has 0 radical (unpaired) electrons. The highest BCUT2D eigenvalue weighted by Gasteiger charge is 2.28. The van der Waals surface area contributed by atoms with Crippen molar-refractivity contribution in [3.63, 3.8) is 0 Å². The third-order valence-corrected chi connectivity index (χ3v) is 5.03. The molecule has 28 heavy (non-hydrogen) atoms. The lowest BCUT2D eigenvalue weighted by Gasteiger charge is -2.24. The van der Waals surface area contributed by atoms with Gasteiger partial charge in [0.1, 0.15) is 5.82 Å². The van der Waals surface area contributed by atoms with Crippen molar-refractivity contribution in [2.75, 3.05) is 13.1 Å². The molecular formula is C23H24N4O. The van der Waals surface area contributed by atoms with Gasteiger partial charge in [0.2, 0.25) is 0 Å². The van der Waals surface area contributed by atoms with Crippen LogP contribution < -0.4 is 5.56 Å². The molecule has 3 aromatic rings. The van der Waals surface area contributed by atoms with E-state index in [1.54, 1.807) is 6.20 Å². The largest absolute Gasteiger partial charge is 0.309 e. The van der Waals surface area contributed by atoms with Crippen LogP contribution in [0.1, 0.15) is 37.2 Å². The number of likely N-dealkylation sites (tertiary alicyclic amines) is 1. The van der Waals surface area contributed by atoms with E-state index in [0.29, 0.717) is 5.69 Å². The van der Waals surface area contributed by atoms with Crippen molar-refractivity contribution in [2.45, 2.75) is 25.8 Å². The minimum Gasteiger partial charge on any atom is -0.309 e. The predicted molar refractivity (Wildman–Crippen MR) is 112 cm³/mol. The van der Waals surface area contributed by atoms with Gasteiger partial charge in [-0.25, -0.2) is 4.98 Å². The van der Waals surface area contributed by atoms with Crippen molar-refractivity contribution >= 4 is 6.08 Å². The molecule has 0 amide bonds. The Kier molecular flexibility index (Phi) is 5.44. The lowest BCUT2D eigenvalue weighted by Crippen LogP contribution is -2.28. The molecule has 0 saturated carbocycles. The van der Waals surface area contributed by atoms with Crippen molar-refractivity contribution < 1.29 is 0 Å². The molecule has 1 N–H and O–H groups in total. The van der Waals surface area contributed by atoms with Crippen LogP contribution in [-0.2, 0) is 0 Å². The summed E-state index contributed by atoms with van der Waals surface area (Å²) < 4.78 is 0. The normalized spacial score (nSPS) is 17.8. The Bertz CT molecular complexity index is 1010. The molecule has 1 fully saturated rings. The fourth-order valence-electron chi connectivity index (χ4n) is 3.80. The molecule has 1 saturated heterocycles. The number of H-pyrrole nitrogens is 1. The topological polar surface area (TPSA) is 61.9 Å². The van der Waals surface area contributed by atoms with Gasteiger partial charge in [-0.05, 0) is 44.0 Å². The van der Waals surface area contributed by atoms with Gasteiger partial charge in [0.05, 0.1) is 17.4 Å². The third-order valence-electron chi connectivity index (χ3n) is 5.03. The van der Waals surface area contributed by atoms with Gasteiger partial charge >= 0.3 is 0 Å². The van der Waals surface area contributed by atoms with E-state index in [1.807, 2.05) is 24.3 Å². The standard InChI is InChI=1S/C23H24N4O/c1-17(14-18-8-3-2-4-9-18)16-27-13-7-11-21(27)23-25-20(15-22(28)26-23)19-10-5-6-12-24-19/h2-6,8-10,12,14-15,21H,7,11,13,16H2,1H3,(H,25,26,28). The minimum absolute atomic E-state index is 0.121. The van der Waals surface area contributed by atoms with Gasteiger partial charge in [0, 0.05) is 18.8 Å². The Balaban J connectivity index is 1.57. The van der Waals surface area contributed by atoms with Crippen molar-refractivity contribution in [2.24, 2.45) is 0 Å². The van der Waals surface area contributed by atoms with E-state index >= 15 is 0 Å². The van der Waals surface area contributed by atoms with E-state index in [9.17, 15) is 4.79 Å². The van der Waals surface area contributed by atoms with Crippen LogP contribution >= 0.6 is 0 Å². The number of hydrogen-bond acceptors (Lipinski definition) is 4. The molecule has 2 aromatic heterocycles. The molecule has 5 heteroatoms. The number of hydrogen-bond donors (Lipinski definition) is 1. The first-order chi connectivity index (χ1) is 13.7. The van der Waals surface area contributed by atoms with Crippen LogP contribution in [0, 0.1) is 0 Å². The van der Waals surface area contributed by atoms with Crippen LogP contribution in [0.4, 0.5) is 0 Å². The van der Waals surface area contributed by atoms with E-state index in [-0.39, 0.29) is 11.6 Å². The number of nitrogens with zero attached hydrogens (tertiary/aromatic N) is 3. The van der Waals surface area contributed by atoms with Crippen molar-refractivity contribution in [3.05, 3.63) is 88.1 Å². The molecule has 5 nitrogen and oxygen atoms in total. The second-order valence-electron chi connectivity index (χ2n) is 7.26. The SMILES string of the molecule is CC(=Cc1ccccc1)CN1CCCC1c1nc(-c2ccccn2)cc(=O)[nH]1. The Labute approximate surface area is 164 Å². The summed E-state index contributed by atoms with van der Waals surface area (Å²) in [6.07, 6.45) is 6.03. The fraction of sp³-hybridized carbons (Fsp3) is 0.261. The van der Waals surface area contributed by atoms with Gasteiger partial charge < -0.3 is 4.98 Å². The molecule has 1 aliphatic heterocycles. The summed E-state index contributed by atoms with van der Waals surface area (Å²) in [4.78, 5) is 26.7. The van der Waals surface area contributed by atoms with Crippen LogP contribution in [-0.4, -0.2) is 32.9 Å². The Hall–Kier alpha value is -3.05. The minimum atomic E-state index is -0.131. The molecule has 142 valence electrons. The van der Waals surface area contributed by atoms with E-state index in [2.05, 4.69) is 52.1 Å². The van der Waals surface area contributed by atoms with Crippen LogP contribution in [0.2, 0.25) is 0 Å². The molecule has 1 unspecified atom stereocenters. The van der Waals surface area contributed by atoms with Crippen LogP contribution in [0.15, 0.2) is 71.2 Å². The number of aromatic nitrogens is 3. The first-order valence-corrected chi connectivity index (χ1v) is 9.68. The van der Waals surface area contributed by atoms with Crippen molar-refractivity contribution in [3.8, 4) is 11.4 Å². The molecule has 0 bridgehead atoms. The molecule has 1 aromatic carbocycles. The number of nitrogens with one attached hydrogen (secondary N) is 1. The maximum Gasteiger partial charge on any atom is 0.251 e. The molecular weight excluding hydrogens is 348 g/mol. The molecule has 4 rings (SSSR count). The summed E-state index contributed by atoms with van der Waals surface area (Å²) in [7, 11) is 0. The zero-order valence-electron chi connectivity index (χ0n) is 16.0. The smallest absolute Gasteiger partial charge is 0.251 e. The first-order valence-electron chi connectivity index (χ1n) is 9.68. The van der Waals surface area contributed by atoms with E-state index in [0.717, 1.165) is 37.4 Å². The van der Waals surface area contributed by atoms with Crippen molar-refractivity contribution in [1.82, 2.24) is 19.9 Å². The summed E-state index contributed by atoms with van der Waals surface area (Å²) in [5.41, 5.74) is 3.72. The van der Waals surface area contributed by atoms with Gasteiger partial charge in [-0.1, -0.05) is 48.0 Å². The quantitative estimate of drug-likeness (QED) is 0.733. The van der Waals surface area contributed by atoms with Gasteiger partial charge in [-0.15, -0.1) is 0 Å². The maximum atomic E-state index is 12.3. The van der Waals surface area contributed by atoms with E-state index in [1.165, 1.54) is 17.2 Å². The molecule has 1 atom stereocenters. The van der Waals surface area contributed by atoms with Crippen LogP contribution in [0.5, 0.6) is 0 Å². The average Bonchev–Trinajstić information content (AvgIpc) is 3.17. The zero-order valence-corrected chi connectivity index (χ0v) is 16.0. The maximum absolute atomic E-state index is 12.3. The average molecular weight is 372 g/mol. The molecule has 0 aliphatic carbocycles. The Morgan fingerprint density at radius 3 is 2.79 bits per heavy atom. The van der Waals surface area contributed by atoms with E-state index in [4.69, 9.17) is 4.98 Å². The lowest BCUT2D eigenvalue weighted by atomic mass is 10.1. The number of aromatic amines is 1. The zero-order chi connectivity index (χ0) is 19.3. The van der Waals surface area contributed by atoms with Gasteiger partial charge in [-0.2, -0.15) is 0 Å². The number of rotatable bonds is 5. The highest BCUT2D eigenvalue weighted by Crippen LogP contribution is 2.30. The second-order valence-corrected chi connectivity index (χ2v) is 7.26. The number of pyridine rings is 1. The monoisotopic (exact) mass is 372 g/mol. The summed E-state index contributed by atoms with van der Waals surface area (Å²) in [5.74, 6) is 0.734. The van der Waals surface area contributed by atoms with E-state index < -0.39 is 0 Å². The van der Waals surface area contributed by atoms with Crippen LogP contribution in [0.3, 0.4) is 0 Å². The summed E-state index contributed by atoms with van der Waals surface area (Å²) >= 11 is 0. The second kappa shape index (κ2) is 8.31. The fourth-order valence-corrected chi connectivity index (χ4v) is 3.80. The summed E-state index contributed by atoms with van der Waals surface area (Å²) in [5, 5.41) is 0. The lowest BCUT2D eigenvalue weighted by molar-refractivity contribution is 0.270. The van der Waals surface area contributed by atoms with Gasteiger partial charge in [0.25, 0.3) is 5.56 Å². The molecule has 0 spiro atoms. The highest BCUT2D eigenvalue weighted by molar-refractivity contribution is 5.53. The Morgan fingerprint density at radius 2 is 2.00 bits per heavy atom. The van der Waals surface area contributed by atoms with Gasteiger partial charge in [-0.3, -0.25) is 14.7 Å². The van der Waals surface area contributed by atoms with Gasteiger partial charge in [0.15, 0.2) is 0 Å². The van der Waals surface area contributed by atoms with Crippen molar-refractivity contribution in [1.29, 1.82) is 0 Å². The first kappa shape index (κ1) is 18.3. The highest BCUT2D eigenvalue weighted by atomic mass is 16.1. The third kappa shape index (κ3) is 4.26.